The molecule has 0 unspecified atom stereocenters. The van der Waals surface area contributed by atoms with Crippen LogP contribution in [0.25, 0.3) is 11.0 Å². The van der Waals surface area contributed by atoms with Crippen LogP contribution in [0.3, 0.4) is 0 Å². The predicted molar refractivity (Wildman–Crippen MR) is 76.5 cm³/mol. The van der Waals surface area contributed by atoms with Gasteiger partial charge in [0.25, 0.3) is 0 Å². The maximum absolute atomic E-state index is 12.0. The molecule has 110 valence electrons. The largest absolute Gasteiger partial charge is 0.467 e. The summed E-state index contributed by atoms with van der Waals surface area (Å²) < 4.78 is 8.74. The van der Waals surface area contributed by atoms with Crippen molar-refractivity contribution in [1.29, 1.82) is 0 Å². The maximum atomic E-state index is 12.0. The first-order valence-corrected chi connectivity index (χ1v) is 6.87. The van der Waals surface area contributed by atoms with Gasteiger partial charge in [0, 0.05) is 6.54 Å². The fraction of sp³-hybridized carbons (Fsp3) is 0.357. The lowest BCUT2D eigenvalue weighted by atomic mass is 10.4. The van der Waals surface area contributed by atoms with Gasteiger partial charge in [-0.3, -0.25) is 14.2 Å². The van der Waals surface area contributed by atoms with Crippen LogP contribution in [0, 0.1) is 6.92 Å². The van der Waals surface area contributed by atoms with Gasteiger partial charge in [0.2, 0.25) is 5.91 Å². The molecule has 0 aliphatic carbocycles. The van der Waals surface area contributed by atoms with Gasteiger partial charge >= 0.3 is 0 Å². The molecule has 0 aliphatic rings. The first-order valence-electron chi connectivity index (χ1n) is 6.87. The summed E-state index contributed by atoms with van der Waals surface area (Å²) in [4.78, 5) is 12.0. The van der Waals surface area contributed by atoms with Crippen LogP contribution in [-0.4, -0.2) is 25.5 Å². The highest BCUT2D eigenvalue weighted by Gasteiger charge is 2.14. The molecule has 1 amide bonds. The Labute approximate surface area is 121 Å². The Morgan fingerprint density at radius 3 is 3.00 bits per heavy atom. The van der Waals surface area contributed by atoms with Crippen molar-refractivity contribution >= 4 is 16.9 Å². The molecule has 3 aromatic heterocycles. The first kappa shape index (κ1) is 13.4. The van der Waals surface area contributed by atoms with E-state index in [1.165, 1.54) is 0 Å². The Bertz CT molecular complexity index is 754. The SMILES string of the molecule is CCn1nc(C)c2c1cnn2CC(=O)NCc1ccco1. The van der Waals surface area contributed by atoms with E-state index in [0.717, 1.165) is 29.0 Å². The number of hydrogen-bond acceptors (Lipinski definition) is 4. The molecule has 0 spiro atoms. The fourth-order valence-electron chi connectivity index (χ4n) is 2.37. The van der Waals surface area contributed by atoms with Crippen LogP contribution in [0.4, 0.5) is 0 Å². The van der Waals surface area contributed by atoms with E-state index in [1.54, 1.807) is 23.2 Å². The van der Waals surface area contributed by atoms with E-state index >= 15 is 0 Å². The number of aryl methyl sites for hydroxylation is 2. The van der Waals surface area contributed by atoms with Crippen LogP contribution in [0.15, 0.2) is 29.0 Å². The summed E-state index contributed by atoms with van der Waals surface area (Å²) in [7, 11) is 0. The Balaban J connectivity index is 1.72. The number of amides is 1. The number of furan rings is 1. The summed E-state index contributed by atoms with van der Waals surface area (Å²) in [5, 5.41) is 11.5. The fourth-order valence-corrected chi connectivity index (χ4v) is 2.37. The minimum absolute atomic E-state index is 0.111. The second-order valence-electron chi connectivity index (χ2n) is 4.79. The lowest BCUT2D eigenvalue weighted by Crippen LogP contribution is -2.27. The zero-order valence-corrected chi connectivity index (χ0v) is 12.0. The maximum Gasteiger partial charge on any atom is 0.242 e. The molecule has 0 atom stereocenters. The minimum atomic E-state index is -0.111. The molecule has 0 aliphatic heterocycles. The molecule has 0 radical (unpaired) electrons. The van der Waals surface area contributed by atoms with E-state index in [-0.39, 0.29) is 12.5 Å². The van der Waals surface area contributed by atoms with Crippen molar-refractivity contribution in [3.8, 4) is 0 Å². The summed E-state index contributed by atoms with van der Waals surface area (Å²) >= 11 is 0. The van der Waals surface area contributed by atoms with Gasteiger partial charge in [-0.1, -0.05) is 0 Å². The van der Waals surface area contributed by atoms with Gasteiger partial charge in [-0.2, -0.15) is 10.2 Å². The normalized spacial score (nSPS) is 11.1. The third-order valence-electron chi connectivity index (χ3n) is 3.34. The van der Waals surface area contributed by atoms with E-state index < -0.39 is 0 Å². The van der Waals surface area contributed by atoms with Crippen LogP contribution in [0.1, 0.15) is 18.4 Å². The van der Waals surface area contributed by atoms with Gasteiger partial charge in [-0.05, 0) is 26.0 Å². The van der Waals surface area contributed by atoms with Crippen molar-refractivity contribution < 1.29 is 9.21 Å². The average molecular weight is 287 g/mol. The molecule has 0 saturated heterocycles. The summed E-state index contributed by atoms with van der Waals surface area (Å²) in [6, 6.07) is 3.61. The van der Waals surface area contributed by atoms with Gasteiger partial charge in [-0.25, -0.2) is 0 Å². The number of fused-ring (bicyclic) bond motifs is 1. The monoisotopic (exact) mass is 287 g/mol. The van der Waals surface area contributed by atoms with E-state index in [1.807, 2.05) is 24.6 Å². The topological polar surface area (TPSA) is 77.9 Å². The third kappa shape index (κ3) is 2.54. The summed E-state index contributed by atoms with van der Waals surface area (Å²) in [6.07, 6.45) is 3.33. The Kier molecular flexibility index (Phi) is 3.47. The number of carbonyl (C=O) groups excluding carboxylic acids is 1. The molecule has 7 nitrogen and oxygen atoms in total. The second-order valence-corrected chi connectivity index (χ2v) is 4.79. The summed E-state index contributed by atoms with van der Waals surface area (Å²) in [6.45, 7) is 5.28. The molecule has 21 heavy (non-hydrogen) atoms. The van der Waals surface area contributed by atoms with E-state index in [9.17, 15) is 4.79 Å². The van der Waals surface area contributed by atoms with E-state index in [2.05, 4.69) is 15.5 Å². The zero-order chi connectivity index (χ0) is 14.8. The molecule has 3 rings (SSSR count). The lowest BCUT2D eigenvalue weighted by Gasteiger charge is -2.04. The molecule has 0 bridgehead atoms. The minimum Gasteiger partial charge on any atom is -0.467 e. The number of nitrogens with zero attached hydrogens (tertiary/aromatic N) is 4. The Morgan fingerprint density at radius 1 is 1.43 bits per heavy atom. The molecule has 0 fully saturated rings. The number of hydrogen-bond donors (Lipinski definition) is 1. The van der Waals surface area contributed by atoms with Crippen molar-refractivity contribution in [2.24, 2.45) is 0 Å². The van der Waals surface area contributed by atoms with Crippen LogP contribution in [-0.2, 0) is 24.4 Å². The zero-order valence-electron chi connectivity index (χ0n) is 12.0. The number of aromatic nitrogens is 4. The smallest absolute Gasteiger partial charge is 0.242 e. The highest BCUT2D eigenvalue weighted by Crippen LogP contribution is 2.17. The molecular formula is C14H17N5O2. The molecule has 7 heteroatoms. The molecule has 0 saturated carbocycles. The highest BCUT2D eigenvalue weighted by molar-refractivity contribution is 5.81. The van der Waals surface area contributed by atoms with Crippen LogP contribution in [0.5, 0.6) is 0 Å². The summed E-state index contributed by atoms with van der Waals surface area (Å²) in [5.74, 6) is 0.615. The van der Waals surface area contributed by atoms with Gasteiger partial charge < -0.3 is 9.73 Å². The number of rotatable bonds is 5. The number of carbonyl (C=O) groups is 1. The van der Waals surface area contributed by atoms with E-state index in [0.29, 0.717) is 6.54 Å². The summed E-state index contributed by atoms with van der Waals surface area (Å²) in [5.41, 5.74) is 2.74. The molecular weight excluding hydrogens is 270 g/mol. The molecule has 3 aromatic rings. The quantitative estimate of drug-likeness (QED) is 0.771. The highest BCUT2D eigenvalue weighted by atomic mass is 16.3. The van der Waals surface area contributed by atoms with E-state index in [4.69, 9.17) is 4.42 Å². The van der Waals surface area contributed by atoms with Crippen LogP contribution < -0.4 is 5.32 Å². The molecule has 3 heterocycles. The molecule has 0 aromatic carbocycles. The van der Waals surface area contributed by atoms with Crippen molar-refractivity contribution in [3.63, 3.8) is 0 Å². The third-order valence-corrected chi connectivity index (χ3v) is 3.34. The van der Waals surface area contributed by atoms with Crippen molar-refractivity contribution in [2.45, 2.75) is 33.5 Å². The predicted octanol–water partition coefficient (Wildman–Crippen LogP) is 1.47. The number of nitrogens with one attached hydrogen (secondary N) is 1. The van der Waals surface area contributed by atoms with Gasteiger partial charge in [0.1, 0.15) is 23.3 Å². The Hall–Kier alpha value is -2.57. The Morgan fingerprint density at radius 2 is 2.29 bits per heavy atom. The van der Waals surface area contributed by atoms with Crippen LogP contribution in [0.2, 0.25) is 0 Å². The lowest BCUT2D eigenvalue weighted by molar-refractivity contribution is -0.122. The van der Waals surface area contributed by atoms with Gasteiger partial charge in [0.15, 0.2) is 0 Å². The first-order chi connectivity index (χ1) is 10.2. The van der Waals surface area contributed by atoms with Gasteiger partial charge in [-0.15, -0.1) is 0 Å². The van der Waals surface area contributed by atoms with Crippen molar-refractivity contribution in [2.75, 3.05) is 0 Å². The van der Waals surface area contributed by atoms with Crippen molar-refractivity contribution in [1.82, 2.24) is 24.9 Å². The molecule has 1 N–H and O–H groups in total. The van der Waals surface area contributed by atoms with Gasteiger partial charge in [0.05, 0.1) is 24.7 Å². The second kappa shape index (κ2) is 5.43. The van der Waals surface area contributed by atoms with Crippen molar-refractivity contribution in [3.05, 3.63) is 36.0 Å². The standard InChI is InChI=1S/C14H17N5O2/c1-3-18-12-8-16-19(14(12)10(2)17-18)9-13(20)15-7-11-5-4-6-21-11/h4-6,8H,3,7,9H2,1-2H3,(H,15,20). The average Bonchev–Trinajstić information content (AvgIpc) is 3.16. The van der Waals surface area contributed by atoms with Crippen LogP contribution >= 0.6 is 0 Å².